The number of likely N-dealkylation sites (tertiary alicyclic amines) is 1. The summed E-state index contributed by atoms with van der Waals surface area (Å²) in [6, 6.07) is 15.8. The van der Waals surface area contributed by atoms with Crippen molar-refractivity contribution < 1.29 is 23.2 Å². The van der Waals surface area contributed by atoms with E-state index in [2.05, 4.69) is 92.0 Å². The van der Waals surface area contributed by atoms with Gasteiger partial charge in [0.25, 0.3) is 0 Å². The number of aldehydes is 1. The molecule has 0 radical (unpaired) electrons. The molecule has 218 valence electrons. The number of nitrogens with zero attached hydrogens (tertiary/aromatic N) is 1. The fourth-order valence-corrected chi connectivity index (χ4v) is 7.81. The summed E-state index contributed by atoms with van der Waals surface area (Å²) < 4.78 is 19.7. The molecule has 0 aromatic heterocycles. The number of fused-ring (bicyclic) bond motifs is 3. The van der Waals surface area contributed by atoms with Crippen LogP contribution in [-0.4, -0.2) is 65.3 Å². The van der Waals surface area contributed by atoms with Crippen molar-refractivity contribution >= 4 is 29.0 Å². The molecule has 2 aliphatic rings. The first kappa shape index (κ1) is 30.7. The zero-order chi connectivity index (χ0) is 29.7. The second-order valence-corrected chi connectivity index (χ2v) is 23.9. The summed E-state index contributed by atoms with van der Waals surface area (Å²) in [5.41, 5.74) is 4.67. The Morgan fingerprint density at radius 2 is 1.32 bits per heavy atom. The van der Waals surface area contributed by atoms with Crippen LogP contribution < -0.4 is 0 Å². The predicted octanol–water partition coefficient (Wildman–Crippen LogP) is 7.60. The van der Waals surface area contributed by atoms with Crippen molar-refractivity contribution in [2.45, 2.75) is 102 Å². The summed E-state index contributed by atoms with van der Waals surface area (Å²) >= 11 is 0. The molecule has 0 unspecified atom stereocenters. The first-order valence-electron chi connectivity index (χ1n) is 14.4. The maximum absolute atomic E-state index is 13.7. The summed E-state index contributed by atoms with van der Waals surface area (Å²) in [6.45, 7) is 22.3. The largest absolute Gasteiger partial charge is 0.448 e. The minimum Gasteiger partial charge on any atom is -0.448 e. The number of hydrogen-bond acceptors (Lipinski definition) is 5. The minimum absolute atomic E-state index is 0.0254. The molecule has 4 rings (SSSR count). The molecule has 2 aromatic rings. The number of carbonyl (C=O) groups excluding carboxylic acids is 2. The van der Waals surface area contributed by atoms with Crippen molar-refractivity contribution in [2.75, 3.05) is 13.2 Å². The van der Waals surface area contributed by atoms with Crippen LogP contribution in [0.2, 0.25) is 36.3 Å². The second-order valence-electron chi connectivity index (χ2n) is 14.3. The molecule has 0 saturated carbocycles. The Bertz CT molecular complexity index is 1200. The second kappa shape index (κ2) is 10.9. The van der Waals surface area contributed by atoms with E-state index < -0.39 is 41.0 Å². The van der Waals surface area contributed by atoms with Crippen molar-refractivity contribution in [1.82, 2.24) is 4.90 Å². The number of rotatable bonds is 7. The van der Waals surface area contributed by atoms with Crippen molar-refractivity contribution in [1.29, 1.82) is 0 Å². The third-order valence-corrected chi connectivity index (χ3v) is 18.6. The van der Waals surface area contributed by atoms with Crippen LogP contribution in [0, 0.1) is 0 Å². The fourth-order valence-electron chi connectivity index (χ4n) is 5.16. The highest BCUT2D eigenvalue weighted by Gasteiger charge is 2.53. The van der Waals surface area contributed by atoms with E-state index in [1.165, 1.54) is 16.0 Å². The highest BCUT2D eigenvalue weighted by molar-refractivity contribution is 6.74. The molecule has 3 atom stereocenters. The van der Waals surface area contributed by atoms with Gasteiger partial charge in [0.05, 0.1) is 18.8 Å². The number of ether oxygens (including phenoxy) is 1. The molecule has 0 spiro atoms. The third kappa shape index (κ3) is 5.73. The Labute approximate surface area is 242 Å². The minimum atomic E-state index is -2.28. The quantitative estimate of drug-likeness (QED) is 0.249. The molecule has 0 N–H and O–H groups in total. The average molecular weight is 582 g/mol. The first-order valence-corrected chi connectivity index (χ1v) is 20.2. The van der Waals surface area contributed by atoms with Crippen molar-refractivity contribution in [3.63, 3.8) is 0 Å². The fraction of sp³-hybridized carbons (Fsp3) is 0.562. The Hall–Kier alpha value is -2.27. The Kier molecular flexibility index (Phi) is 8.33. The molecule has 1 aliphatic carbocycles. The highest BCUT2D eigenvalue weighted by Crippen LogP contribution is 2.45. The van der Waals surface area contributed by atoms with Crippen LogP contribution in [0.4, 0.5) is 4.79 Å². The van der Waals surface area contributed by atoms with Crippen molar-refractivity contribution in [3.8, 4) is 11.1 Å². The summed E-state index contributed by atoms with van der Waals surface area (Å²) in [5, 5.41) is -0.0818. The van der Waals surface area contributed by atoms with Crippen LogP contribution >= 0.6 is 0 Å². The lowest BCUT2D eigenvalue weighted by Gasteiger charge is -2.43. The zero-order valence-electron chi connectivity index (χ0n) is 25.9. The van der Waals surface area contributed by atoms with Gasteiger partial charge >= 0.3 is 6.09 Å². The van der Waals surface area contributed by atoms with Gasteiger partial charge in [-0.15, -0.1) is 0 Å². The van der Waals surface area contributed by atoms with Gasteiger partial charge < -0.3 is 18.4 Å². The van der Waals surface area contributed by atoms with Crippen LogP contribution in [0.5, 0.6) is 0 Å². The Morgan fingerprint density at radius 1 is 0.850 bits per heavy atom. The predicted molar refractivity (Wildman–Crippen MR) is 166 cm³/mol. The number of hydrogen-bond donors (Lipinski definition) is 0. The molecular formula is C32H47NO5Si2. The lowest BCUT2D eigenvalue weighted by Crippen LogP contribution is -2.53. The molecule has 1 fully saturated rings. The Morgan fingerprint density at radius 3 is 1.80 bits per heavy atom. The van der Waals surface area contributed by atoms with Gasteiger partial charge in [-0.05, 0) is 58.5 Å². The maximum Gasteiger partial charge on any atom is 0.410 e. The molecule has 8 heteroatoms. The summed E-state index contributed by atoms with van der Waals surface area (Å²) in [4.78, 5) is 27.8. The number of carbonyl (C=O) groups is 2. The first-order chi connectivity index (χ1) is 18.5. The van der Waals surface area contributed by atoms with E-state index in [9.17, 15) is 9.59 Å². The monoisotopic (exact) mass is 581 g/mol. The molecule has 0 bridgehead atoms. The molecule has 6 nitrogen and oxygen atoms in total. The van der Waals surface area contributed by atoms with Crippen LogP contribution in [0.25, 0.3) is 11.1 Å². The smallest absolute Gasteiger partial charge is 0.410 e. The van der Waals surface area contributed by atoms with Gasteiger partial charge in [0.1, 0.15) is 18.9 Å². The van der Waals surface area contributed by atoms with Gasteiger partial charge in [-0.2, -0.15) is 0 Å². The Balaban J connectivity index is 1.58. The van der Waals surface area contributed by atoms with E-state index in [0.717, 1.165) is 17.4 Å². The van der Waals surface area contributed by atoms with E-state index in [1.54, 1.807) is 0 Å². The van der Waals surface area contributed by atoms with Gasteiger partial charge in [-0.3, -0.25) is 4.90 Å². The lowest BCUT2D eigenvalue weighted by atomic mass is 9.98. The SMILES string of the molecule is CC(C)(C)[Si](C)(C)O[C@H]1[C@@H](O[Si](C)(C)C(C)(C)C)CN(C(=O)OCC2c3ccccc3-c3ccccc32)[C@H]1C=O. The summed E-state index contributed by atoms with van der Waals surface area (Å²) in [6.07, 6.45) is -0.586. The molecule has 1 amide bonds. The van der Waals surface area contributed by atoms with E-state index in [-0.39, 0.29) is 29.1 Å². The van der Waals surface area contributed by atoms with Gasteiger partial charge in [-0.25, -0.2) is 4.79 Å². The van der Waals surface area contributed by atoms with Crippen molar-refractivity contribution in [2.24, 2.45) is 0 Å². The topological polar surface area (TPSA) is 65.1 Å². The van der Waals surface area contributed by atoms with Crippen LogP contribution in [0.15, 0.2) is 48.5 Å². The van der Waals surface area contributed by atoms with E-state index in [1.807, 2.05) is 24.3 Å². The molecule has 1 aliphatic heterocycles. The maximum atomic E-state index is 13.7. The standard InChI is InChI=1S/C32H47NO5Si2/c1-31(2,3)39(7,8)37-28-19-33(27(20-34)29(28)38-40(9,10)32(4,5)6)30(35)36-21-26-24-17-13-11-15-22(24)23-16-12-14-18-25(23)26/h11-18,20,26-29H,19,21H2,1-10H3/t27-,28-,29+/m0/s1. The number of benzene rings is 2. The molecule has 40 heavy (non-hydrogen) atoms. The molecular weight excluding hydrogens is 535 g/mol. The summed E-state index contributed by atoms with van der Waals surface area (Å²) in [5.74, 6) is -0.0489. The van der Waals surface area contributed by atoms with Gasteiger partial charge in [-0.1, -0.05) is 90.1 Å². The van der Waals surface area contributed by atoms with Gasteiger partial charge in [0.15, 0.2) is 16.6 Å². The normalized spacial score (nSPS) is 21.8. The van der Waals surface area contributed by atoms with Gasteiger partial charge in [0.2, 0.25) is 0 Å². The van der Waals surface area contributed by atoms with Crippen molar-refractivity contribution in [3.05, 3.63) is 59.7 Å². The molecule has 1 saturated heterocycles. The average Bonchev–Trinajstić information content (AvgIpc) is 3.35. The number of amides is 1. The van der Waals surface area contributed by atoms with Crippen LogP contribution in [0.1, 0.15) is 58.6 Å². The van der Waals surface area contributed by atoms with Crippen LogP contribution in [-0.2, 0) is 18.4 Å². The van der Waals surface area contributed by atoms with E-state index in [4.69, 9.17) is 13.6 Å². The zero-order valence-corrected chi connectivity index (χ0v) is 27.9. The van der Waals surface area contributed by atoms with E-state index in [0.29, 0.717) is 0 Å². The highest BCUT2D eigenvalue weighted by atomic mass is 28.4. The van der Waals surface area contributed by atoms with Gasteiger partial charge in [0, 0.05) is 5.92 Å². The van der Waals surface area contributed by atoms with E-state index >= 15 is 0 Å². The summed E-state index contributed by atoms with van der Waals surface area (Å²) in [7, 11) is -4.49. The van der Waals surface area contributed by atoms with Crippen LogP contribution in [0.3, 0.4) is 0 Å². The molecule has 1 heterocycles. The lowest BCUT2D eigenvalue weighted by molar-refractivity contribution is -0.113. The molecule has 2 aromatic carbocycles. The third-order valence-electron chi connectivity index (χ3n) is 9.64.